The molecule has 0 spiro atoms. The number of carboxylic acids is 3. The zero-order valence-corrected chi connectivity index (χ0v) is 9.74. The van der Waals surface area contributed by atoms with Crippen LogP contribution >= 0.6 is 0 Å². The molecule has 1 unspecified atom stereocenters. The van der Waals surface area contributed by atoms with E-state index in [1.165, 1.54) is 18.2 Å². The van der Waals surface area contributed by atoms with Gasteiger partial charge in [-0.3, -0.25) is 14.9 Å². The van der Waals surface area contributed by atoms with Crippen molar-refractivity contribution < 1.29 is 29.7 Å². The van der Waals surface area contributed by atoms with Crippen molar-refractivity contribution in [1.29, 1.82) is 0 Å². The average molecular weight is 268 g/mol. The van der Waals surface area contributed by atoms with Crippen LogP contribution in [0.2, 0.25) is 0 Å². The Balaban J connectivity index is 2.95. The van der Waals surface area contributed by atoms with E-state index in [4.69, 9.17) is 15.3 Å². The molecule has 0 radical (unpaired) electrons. The Morgan fingerprint density at radius 2 is 1.84 bits per heavy atom. The standard InChI is InChI=1S/C11H12N2O6/c14-9(15)4-8(12-5-10(16)17)6-2-1-3-7(13-6)11(18)19/h1-3,8,12H,4-5H2,(H,14,15)(H,16,17)(H,18,19). The summed E-state index contributed by atoms with van der Waals surface area (Å²) >= 11 is 0. The smallest absolute Gasteiger partial charge is 0.354 e. The molecule has 102 valence electrons. The summed E-state index contributed by atoms with van der Waals surface area (Å²) in [5.74, 6) is -3.54. The number of carbonyl (C=O) groups is 3. The number of nitrogens with one attached hydrogen (secondary N) is 1. The molecule has 1 aromatic heterocycles. The van der Waals surface area contributed by atoms with Gasteiger partial charge < -0.3 is 15.3 Å². The third-order valence-electron chi connectivity index (χ3n) is 2.23. The number of pyridine rings is 1. The summed E-state index contributed by atoms with van der Waals surface area (Å²) in [6.45, 7) is -0.447. The minimum absolute atomic E-state index is 0.170. The first-order valence-electron chi connectivity index (χ1n) is 5.27. The molecule has 8 nitrogen and oxygen atoms in total. The predicted molar refractivity (Wildman–Crippen MR) is 61.8 cm³/mol. The lowest BCUT2D eigenvalue weighted by Crippen LogP contribution is -2.30. The largest absolute Gasteiger partial charge is 0.481 e. The second kappa shape index (κ2) is 6.45. The summed E-state index contributed by atoms with van der Waals surface area (Å²) in [4.78, 5) is 35.7. The van der Waals surface area contributed by atoms with E-state index in [-0.39, 0.29) is 11.4 Å². The number of aromatic carboxylic acids is 1. The first-order valence-corrected chi connectivity index (χ1v) is 5.27. The van der Waals surface area contributed by atoms with E-state index in [2.05, 4.69) is 10.3 Å². The molecule has 0 fully saturated rings. The van der Waals surface area contributed by atoms with Crippen LogP contribution in [0.5, 0.6) is 0 Å². The van der Waals surface area contributed by atoms with E-state index in [1.807, 2.05) is 0 Å². The highest BCUT2D eigenvalue weighted by Crippen LogP contribution is 2.15. The van der Waals surface area contributed by atoms with Crippen LogP contribution < -0.4 is 5.32 Å². The van der Waals surface area contributed by atoms with E-state index in [0.717, 1.165) is 0 Å². The molecule has 0 aliphatic rings. The fourth-order valence-electron chi connectivity index (χ4n) is 1.43. The lowest BCUT2D eigenvalue weighted by molar-refractivity contribution is -0.139. The molecular weight excluding hydrogens is 256 g/mol. The van der Waals surface area contributed by atoms with Crippen molar-refractivity contribution >= 4 is 17.9 Å². The summed E-state index contributed by atoms with van der Waals surface area (Å²) in [7, 11) is 0. The number of carboxylic acid groups (broad SMARTS) is 3. The quantitative estimate of drug-likeness (QED) is 0.541. The molecule has 0 aliphatic heterocycles. The van der Waals surface area contributed by atoms with Crippen LogP contribution in [-0.2, 0) is 9.59 Å². The minimum atomic E-state index is -1.24. The van der Waals surface area contributed by atoms with Crippen molar-refractivity contribution in [1.82, 2.24) is 10.3 Å². The molecule has 1 rings (SSSR count). The molecule has 0 saturated carbocycles. The molecule has 0 bridgehead atoms. The SMILES string of the molecule is O=C(O)CNC(CC(=O)O)c1cccc(C(=O)O)n1. The summed E-state index contributed by atoms with van der Waals surface area (Å²) in [6.07, 6.45) is -0.399. The van der Waals surface area contributed by atoms with Gasteiger partial charge in [-0.25, -0.2) is 9.78 Å². The van der Waals surface area contributed by atoms with Crippen molar-refractivity contribution in [3.8, 4) is 0 Å². The van der Waals surface area contributed by atoms with Gasteiger partial charge in [0.15, 0.2) is 0 Å². The highest BCUT2D eigenvalue weighted by molar-refractivity contribution is 5.85. The maximum absolute atomic E-state index is 10.8. The molecule has 0 saturated heterocycles. The fourth-order valence-corrected chi connectivity index (χ4v) is 1.43. The zero-order valence-electron chi connectivity index (χ0n) is 9.74. The zero-order chi connectivity index (χ0) is 14.4. The second-order valence-corrected chi connectivity index (χ2v) is 3.68. The lowest BCUT2D eigenvalue weighted by atomic mass is 10.1. The van der Waals surface area contributed by atoms with Gasteiger partial charge in [0, 0.05) is 0 Å². The summed E-state index contributed by atoms with van der Waals surface area (Å²) < 4.78 is 0. The van der Waals surface area contributed by atoms with E-state index in [9.17, 15) is 14.4 Å². The van der Waals surface area contributed by atoms with Crippen LogP contribution in [0, 0.1) is 0 Å². The lowest BCUT2D eigenvalue weighted by Gasteiger charge is -2.15. The number of rotatable bonds is 7. The summed E-state index contributed by atoms with van der Waals surface area (Å²) in [5.41, 5.74) is -0.0615. The number of nitrogens with zero attached hydrogens (tertiary/aromatic N) is 1. The molecule has 0 aliphatic carbocycles. The molecule has 1 aromatic rings. The summed E-state index contributed by atoms with van der Waals surface area (Å²) in [6, 6.07) is 3.26. The number of hydrogen-bond acceptors (Lipinski definition) is 5. The normalized spacial score (nSPS) is 11.8. The van der Waals surface area contributed by atoms with Gasteiger partial charge in [-0.05, 0) is 12.1 Å². The molecule has 0 aromatic carbocycles. The summed E-state index contributed by atoms with van der Waals surface area (Å²) in [5, 5.41) is 28.6. The fraction of sp³-hybridized carbons (Fsp3) is 0.273. The average Bonchev–Trinajstić information content (AvgIpc) is 2.34. The minimum Gasteiger partial charge on any atom is -0.481 e. The van der Waals surface area contributed by atoms with Crippen LogP contribution in [0.1, 0.15) is 28.6 Å². The highest BCUT2D eigenvalue weighted by atomic mass is 16.4. The first kappa shape index (κ1) is 14.6. The van der Waals surface area contributed by atoms with E-state index < -0.39 is 36.9 Å². The third kappa shape index (κ3) is 4.72. The Labute approximate surface area is 107 Å². The Morgan fingerprint density at radius 1 is 1.16 bits per heavy atom. The van der Waals surface area contributed by atoms with E-state index in [1.54, 1.807) is 0 Å². The maximum atomic E-state index is 10.8. The Morgan fingerprint density at radius 3 is 2.37 bits per heavy atom. The predicted octanol–water partition coefficient (Wildman–Crippen LogP) is -0.0302. The topological polar surface area (TPSA) is 137 Å². The Hall–Kier alpha value is -2.48. The molecule has 0 amide bonds. The van der Waals surface area contributed by atoms with Crippen LogP contribution in [-0.4, -0.2) is 44.8 Å². The van der Waals surface area contributed by atoms with E-state index >= 15 is 0 Å². The van der Waals surface area contributed by atoms with Crippen molar-refractivity contribution in [2.24, 2.45) is 0 Å². The van der Waals surface area contributed by atoms with Gasteiger partial charge in [0.05, 0.1) is 24.7 Å². The van der Waals surface area contributed by atoms with Crippen LogP contribution in [0.4, 0.5) is 0 Å². The van der Waals surface area contributed by atoms with Crippen LogP contribution in [0.25, 0.3) is 0 Å². The first-order chi connectivity index (χ1) is 8.90. The van der Waals surface area contributed by atoms with Crippen LogP contribution in [0.3, 0.4) is 0 Å². The number of hydrogen-bond donors (Lipinski definition) is 4. The molecular formula is C11H12N2O6. The molecule has 8 heteroatoms. The van der Waals surface area contributed by atoms with Crippen molar-refractivity contribution in [2.75, 3.05) is 6.54 Å². The molecule has 1 heterocycles. The third-order valence-corrected chi connectivity index (χ3v) is 2.23. The Kier molecular flexibility index (Phi) is 4.95. The van der Waals surface area contributed by atoms with Crippen molar-refractivity contribution in [3.05, 3.63) is 29.6 Å². The van der Waals surface area contributed by atoms with Gasteiger partial charge in [-0.15, -0.1) is 0 Å². The Bertz CT molecular complexity index is 502. The van der Waals surface area contributed by atoms with Crippen molar-refractivity contribution in [3.63, 3.8) is 0 Å². The van der Waals surface area contributed by atoms with Gasteiger partial charge in [0.2, 0.25) is 0 Å². The van der Waals surface area contributed by atoms with Crippen molar-refractivity contribution in [2.45, 2.75) is 12.5 Å². The maximum Gasteiger partial charge on any atom is 0.354 e. The van der Waals surface area contributed by atoms with Gasteiger partial charge in [0.1, 0.15) is 5.69 Å². The van der Waals surface area contributed by atoms with E-state index in [0.29, 0.717) is 0 Å². The van der Waals surface area contributed by atoms with Crippen LogP contribution in [0.15, 0.2) is 18.2 Å². The van der Waals surface area contributed by atoms with Gasteiger partial charge in [0.25, 0.3) is 0 Å². The van der Waals surface area contributed by atoms with Gasteiger partial charge in [-0.1, -0.05) is 6.07 Å². The molecule has 4 N–H and O–H groups in total. The number of aliphatic carboxylic acids is 2. The number of aromatic nitrogens is 1. The molecule has 1 atom stereocenters. The highest BCUT2D eigenvalue weighted by Gasteiger charge is 2.18. The second-order valence-electron chi connectivity index (χ2n) is 3.68. The van der Waals surface area contributed by atoms with Gasteiger partial charge in [-0.2, -0.15) is 0 Å². The van der Waals surface area contributed by atoms with Gasteiger partial charge >= 0.3 is 17.9 Å². The molecule has 19 heavy (non-hydrogen) atoms. The monoisotopic (exact) mass is 268 g/mol.